The third kappa shape index (κ3) is 4.03. The Morgan fingerprint density at radius 3 is 2.54 bits per heavy atom. The van der Waals surface area contributed by atoms with E-state index in [1.165, 1.54) is 47.5 Å². The van der Waals surface area contributed by atoms with Crippen LogP contribution in [0, 0.1) is 0 Å². The second kappa shape index (κ2) is 9.26. The molecule has 37 heavy (non-hydrogen) atoms. The van der Waals surface area contributed by atoms with Gasteiger partial charge in [-0.3, -0.25) is 4.79 Å². The molecule has 0 amide bonds. The molecular weight excluding hydrogens is 500 g/mol. The molecule has 1 aromatic heterocycles. The van der Waals surface area contributed by atoms with Crippen molar-refractivity contribution in [2.75, 3.05) is 31.1 Å². The van der Waals surface area contributed by atoms with Gasteiger partial charge in [-0.2, -0.15) is 0 Å². The number of ether oxygens (including phenoxy) is 1. The van der Waals surface area contributed by atoms with Crippen molar-refractivity contribution in [1.82, 2.24) is 0 Å². The number of thiophene rings is 1. The highest BCUT2D eigenvalue weighted by Gasteiger charge is 2.42. The fraction of sp³-hybridized carbons (Fsp3) is 0.345. The van der Waals surface area contributed by atoms with Gasteiger partial charge in [0, 0.05) is 54.9 Å². The van der Waals surface area contributed by atoms with Gasteiger partial charge in [0.25, 0.3) is 6.47 Å². The lowest BCUT2D eigenvalue weighted by molar-refractivity contribution is -0.504. The van der Waals surface area contributed by atoms with E-state index in [0.29, 0.717) is 17.1 Å². The molecule has 4 aliphatic rings. The fourth-order valence-corrected chi connectivity index (χ4v) is 10.1. The second-order valence-electron chi connectivity index (χ2n) is 10.7. The van der Waals surface area contributed by atoms with Crippen LogP contribution < -0.4 is 14.8 Å². The van der Waals surface area contributed by atoms with E-state index in [1.807, 2.05) is 0 Å². The summed E-state index contributed by atoms with van der Waals surface area (Å²) >= 11 is 1.00. The monoisotopic (exact) mass is 531 g/mol. The minimum absolute atomic E-state index is 0.159. The highest BCUT2D eigenvalue weighted by atomic mass is 32.1. The Bertz CT molecular complexity index is 1430. The third-order valence-corrected chi connectivity index (χ3v) is 12.7. The zero-order valence-corrected chi connectivity index (χ0v) is 23.1. The number of benzene rings is 1. The summed E-state index contributed by atoms with van der Waals surface area (Å²) < 4.78 is 7.83. The first kappa shape index (κ1) is 24.1. The summed E-state index contributed by atoms with van der Waals surface area (Å²) in [6.07, 6.45) is 11.7. The number of carbonyl (C=O) groups is 2. The molecule has 2 fully saturated rings. The molecule has 8 heteroatoms. The summed E-state index contributed by atoms with van der Waals surface area (Å²) in [7, 11) is -2.12. The number of carboxylic acid groups (broad SMARTS) is 1. The Balaban J connectivity index is 1.62. The topological polar surface area (TPSA) is 69.9 Å². The quantitative estimate of drug-likeness (QED) is 0.347. The van der Waals surface area contributed by atoms with Crippen LogP contribution in [0.3, 0.4) is 0 Å². The lowest BCUT2D eigenvalue weighted by Gasteiger charge is -2.38. The average Bonchev–Trinajstić information content (AvgIpc) is 3.67. The molecule has 0 atom stereocenters. The van der Waals surface area contributed by atoms with Crippen LogP contribution in [-0.4, -0.2) is 62.1 Å². The van der Waals surface area contributed by atoms with E-state index in [-0.39, 0.29) is 4.88 Å². The van der Waals surface area contributed by atoms with Gasteiger partial charge in [-0.05, 0) is 58.6 Å². The number of fused-ring (bicyclic) bond motifs is 2. The molecule has 6 nitrogen and oxygen atoms in total. The molecule has 1 N–H and O–H groups in total. The van der Waals surface area contributed by atoms with E-state index in [2.05, 4.69) is 59.0 Å². The van der Waals surface area contributed by atoms with E-state index in [9.17, 15) is 14.7 Å². The van der Waals surface area contributed by atoms with E-state index < -0.39 is 14.0 Å². The first-order chi connectivity index (χ1) is 17.9. The average molecular weight is 532 g/mol. The third-order valence-electron chi connectivity index (χ3n) is 8.17. The number of aromatic carboxylic acids is 1. The minimum atomic E-state index is -2.12. The van der Waals surface area contributed by atoms with Crippen molar-refractivity contribution in [2.24, 2.45) is 0 Å². The number of hydrogen-bond donors (Lipinski definition) is 1. The van der Waals surface area contributed by atoms with Crippen LogP contribution in [0.5, 0.6) is 5.06 Å². The summed E-state index contributed by atoms with van der Waals surface area (Å²) in [5.41, 5.74) is 6.38. The SMILES string of the molecule is C[Si]1(C)C2=CC(=[N+]3CCCC3)C=CC2=C(c2cc(C(=O)O)sc2OC=O)c2ccc(N3CCCC3)cc21. The number of hydrogen-bond acceptors (Lipinski definition) is 5. The number of carboxylic acids is 1. The van der Waals surface area contributed by atoms with Crippen molar-refractivity contribution in [2.45, 2.75) is 38.8 Å². The largest absolute Gasteiger partial charge is 0.477 e. The van der Waals surface area contributed by atoms with E-state index in [0.717, 1.165) is 54.2 Å². The zero-order chi connectivity index (χ0) is 25.7. The number of nitrogens with zero attached hydrogens (tertiary/aromatic N) is 2. The standard InChI is InChI=1S/C29H30N2O4SSi/c1-37(2)25-15-19(30-11-3-4-12-30)7-9-21(25)27(23-17-24(28(33)34)36-29(23)35-18-32)22-10-8-20(16-26(22)37)31-13-5-6-14-31/h7-10,15-18H,3-6,11-14H2,1-2H3/p+1. The molecule has 3 aliphatic heterocycles. The molecule has 6 rings (SSSR count). The first-order valence-electron chi connectivity index (χ1n) is 13.0. The van der Waals surface area contributed by atoms with Crippen molar-refractivity contribution in [3.05, 3.63) is 69.3 Å². The lowest BCUT2D eigenvalue weighted by Crippen LogP contribution is -2.50. The summed E-state index contributed by atoms with van der Waals surface area (Å²) in [5.74, 6) is -1.02. The van der Waals surface area contributed by atoms with E-state index in [1.54, 1.807) is 6.07 Å². The summed E-state index contributed by atoms with van der Waals surface area (Å²) in [6, 6.07) is 8.44. The molecule has 0 radical (unpaired) electrons. The number of carbonyl (C=O) groups excluding carboxylic acids is 1. The van der Waals surface area contributed by atoms with Crippen molar-refractivity contribution in [1.29, 1.82) is 0 Å². The van der Waals surface area contributed by atoms with Crippen LogP contribution in [-0.2, 0) is 4.79 Å². The molecule has 0 unspecified atom stereocenters. The Morgan fingerprint density at radius 1 is 1.08 bits per heavy atom. The maximum Gasteiger partial charge on any atom is 0.346 e. The van der Waals surface area contributed by atoms with Gasteiger partial charge in [-0.1, -0.05) is 30.5 Å². The summed E-state index contributed by atoms with van der Waals surface area (Å²) in [5, 5.41) is 12.7. The van der Waals surface area contributed by atoms with Gasteiger partial charge in [-0.15, -0.1) is 0 Å². The van der Waals surface area contributed by atoms with Crippen LogP contribution in [0.15, 0.2) is 53.3 Å². The van der Waals surface area contributed by atoms with Gasteiger partial charge in [0.05, 0.1) is 0 Å². The predicted octanol–water partition coefficient (Wildman–Crippen LogP) is 4.60. The molecule has 2 saturated heterocycles. The Kier molecular flexibility index (Phi) is 6.04. The second-order valence-corrected chi connectivity index (χ2v) is 16.0. The lowest BCUT2D eigenvalue weighted by atomic mass is 9.90. The number of allylic oxidation sites excluding steroid dienone is 5. The van der Waals surface area contributed by atoms with Crippen molar-refractivity contribution in [3.63, 3.8) is 0 Å². The molecule has 190 valence electrons. The van der Waals surface area contributed by atoms with Crippen molar-refractivity contribution in [3.8, 4) is 5.06 Å². The van der Waals surface area contributed by atoms with Gasteiger partial charge in [0.15, 0.2) is 10.8 Å². The number of anilines is 1. The summed E-state index contributed by atoms with van der Waals surface area (Å²) in [4.78, 5) is 25.9. The van der Waals surface area contributed by atoms with Gasteiger partial charge < -0.3 is 14.7 Å². The maximum atomic E-state index is 11.9. The zero-order valence-electron chi connectivity index (χ0n) is 21.3. The maximum absolute atomic E-state index is 11.9. The first-order valence-corrected chi connectivity index (χ1v) is 16.8. The number of rotatable bonds is 5. The minimum Gasteiger partial charge on any atom is -0.477 e. The van der Waals surface area contributed by atoms with Crippen LogP contribution >= 0.6 is 11.3 Å². The molecule has 0 spiro atoms. The van der Waals surface area contributed by atoms with Crippen LogP contribution in [0.2, 0.25) is 13.1 Å². The Labute approximate surface area is 221 Å². The normalized spacial score (nSPS) is 20.2. The fourth-order valence-electron chi connectivity index (χ4n) is 6.24. The highest BCUT2D eigenvalue weighted by molar-refractivity contribution is 7.16. The van der Waals surface area contributed by atoms with Crippen molar-refractivity contribution >= 4 is 54.0 Å². The van der Waals surface area contributed by atoms with Gasteiger partial charge in [-0.25, -0.2) is 9.37 Å². The summed E-state index contributed by atoms with van der Waals surface area (Å²) in [6.45, 7) is 9.55. The molecular formula is C29H31N2O4SSi+. The predicted molar refractivity (Wildman–Crippen MR) is 150 cm³/mol. The van der Waals surface area contributed by atoms with Gasteiger partial charge >= 0.3 is 5.97 Å². The van der Waals surface area contributed by atoms with Crippen molar-refractivity contribution < 1.29 is 24.0 Å². The van der Waals surface area contributed by atoms with E-state index in [4.69, 9.17) is 4.74 Å². The van der Waals surface area contributed by atoms with Gasteiger partial charge in [0.1, 0.15) is 26.0 Å². The van der Waals surface area contributed by atoms with E-state index >= 15 is 0 Å². The molecule has 2 aromatic rings. The molecule has 4 heterocycles. The van der Waals surface area contributed by atoms with Crippen LogP contribution in [0.1, 0.15) is 46.5 Å². The highest BCUT2D eigenvalue weighted by Crippen LogP contribution is 2.46. The Morgan fingerprint density at radius 2 is 1.84 bits per heavy atom. The van der Waals surface area contributed by atoms with Crippen LogP contribution in [0.25, 0.3) is 5.57 Å². The molecule has 1 aromatic carbocycles. The van der Waals surface area contributed by atoms with Gasteiger partial charge in [0.2, 0.25) is 0 Å². The smallest absolute Gasteiger partial charge is 0.346 e. The molecule has 0 bridgehead atoms. The Hall–Kier alpha value is -3.23. The molecule has 1 aliphatic carbocycles. The van der Waals surface area contributed by atoms with Crippen LogP contribution in [0.4, 0.5) is 5.69 Å². The molecule has 0 saturated carbocycles.